The van der Waals surface area contributed by atoms with Gasteiger partial charge < -0.3 is 15.4 Å². The highest BCUT2D eigenvalue weighted by molar-refractivity contribution is 6.30. The molecule has 3 fully saturated rings. The largest absolute Gasteiger partial charge is 0.484 e. The molecule has 2 bridgehead atoms. The summed E-state index contributed by atoms with van der Waals surface area (Å²) in [6.07, 6.45) is 3.55. The van der Waals surface area contributed by atoms with Crippen molar-refractivity contribution >= 4 is 34.3 Å². The number of carbonyl (C=O) groups excluding carboxylic acids is 2. The highest BCUT2D eigenvalue weighted by Crippen LogP contribution is 2.60. The van der Waals surface area contributed by atoms with Crippen LogP contribution < -0.4 is 15.4 Å². The highest BCUT2D eigenvalue weighted by Gasteiger charge is 2.69. The summed E-state index contributed by atoms with van der Waals surface area (Å²) in [7, 11) is 0. The van der Waals surface area contributed by atoms with Crippen LogP contribution in [0.15, 0.2) is 48.7 Å². The van der Waals surface area contributed by atoms with Crippen LogP contribution in [-0.2, 0) is 4.79 Å². The first kappa shape index (κ1) is 19.7. The molecule has 0 spiro atoms. The van der Waals surface area contributed by atoms with Gasteiger partial charge in [-0.25, -0.2) is 14.4 Å². The number of para-hydroxylation sites is 1. The van der Waals surface area contributed by atoms with Gasteiger partial charge in [0.1, 0.15) is 11.6 Å². The molecule has 3 saturated carbocycles. The molecule has 1 aromatic heterocycles. The Morgan fingerprint density at radius 1 is 1.10 bits per heavy atom. The van der Waals surface area contributed by atoms with Crippen LogP contribution in [0.1, 0.15) is 29.9 Å². The van der Waals surface area contributed by atoms with E-state index >= 15 is 0 Å². The molecule has 2 amide bonds. The number of ether oxygens (including phenoxy) is 1. The lowest BCUT2D eigenvalue weighted by Crippen LogP contribution is -2.84. The number of carbonyl (C=O) groups is 2. The number of hydrogen-bond donors (Lipinski definition) is 2. The molecule has 31 heavy (non-hydrogen) atoms. The SMILES string of the molecule is O=C(COc1ccc(Cl)c(F)c1)NC12CC(NC(=O)c3ncc4ccccc4n3)(C1)C2. The van der Waals surface area contributed by atoms with E-state index in [0.717, 1.165) is 11.5 Å². The number of nitrogens with zero attached hydrogens (tertiary/aromatic N) is 2. The minimum atomic E-state index is -0.605. The van der Waals surface area contributed by atoms with Gasteiger partial charge in [0.05, 0.1) is 10.5 Å². The van der Waals surface area contributed by atoms with Crippen LogP contribution in [0.5, 0.6) is 5.75 Å². The predicted octanol–water partition coefficient (Wildman–Crippen LogP) is 3.02. The normalized spacial score (nSPS) is 23.4. The van der Waals surface area contributed by atoms with Crippen LogP contribution in [0, 0.1) is 5.82 Å². The molecule has 9 heteroatoms. The molecular weight excluding hydrogens is 423 g/mol. The lowest BCUT2D eigenvalue weighted by atomic mass is 9.44. The van der Waals surface area contributed by atoms with E-state index in [4.69, 9.17) is 16.3 Å². The maximum atomic E-state index is 13.4. The zero-order valence-electron chi connectivity index (χ0n) is 16.3. The third-order valence-electron chi connectivity index (χ3n) is 5.77. The van der Waals surface area contributed by atoms with Crippen LogP contribution in [0.4, 0.5) is 4.39 Å². The van der Waals surface area contributed by atoms with Crippen molar-refractivity contribution in [3.05, 3.63) is 65.3 Å². The van der Waals surface area contributed by atoms with Crippen molar-refractivity contribution in [3.63, 3.8) is 0 Å². The lowest BCUT2D eigenvalue weighted by molar-refractivity contribution is -0.141. The Hall–Kier alpha value is -3.26. The quantitative estimate of drug-likeness (QED) is 0.614. The monoisotopic (exact) mass is 440 g/mol. The maximum Gasteiger partial charge on any atom is 0.289 e. The van der Waals surface area contributed by atoms with E-state index in [1.807, 2.05) is 24.3 Å². The summed E-state index contributed by atoms with van der Waals surface area (Å²) in [5.74, 6) is -0.864. The molecule has 0 aliphatic heterocycles. The van der Waals surface area contributed by atoms with Gasteiger partial charge in [-0.1, -0.05) is 29.8 Å². The number of rotatable bonds is 6. The van der Waals surface area contributed by atoms with Crippen molar-refractivity contribution in [2.24, 2.45) is 0 Å². The zero-order valence-corrected chi connectivity index (χ0v) is 17.1. The first-order valence-electron chi connectivity index (χ1n) is 9.79. The second kappa shape index (κ2) is 7.16. The minimum absolute atomic E-state index is 0.00731. The van der Waals surface area contributed by atoms with E-state index in [9.17, 15) is 14.0 Å². The van der Waals surface area contributed by atoms with Crippen LogP contribution >= 0.6 is 11.6 Å². The van der Waals surface area contributed by atoms with Crippen LogP contribution in [-0.4, -0.2) is 39.5 Å². The Bertz CT molecular complexity index is 1200. The molecule has 1 heterocycles. The van der Waals surface area contributed by atoms with Crippen molar-refractivity contribution < 1.29 is 18.7 Å². The van der Waals surface area contributed by atoms with E-state index in [1.54, 1.807) is 6.20 Å². The topological polar surface area (TPSA) is 93.2 Å². The number of amides is 2. The summed E-state index contributed by atoms with van der Waals surface area (Å²) in [4.78, 5) is 33.3. The van der Waals surface area contributed by atoms with E-state index < -0.39 is 5.82 Å². The van der Waals surface area contributed by atoms with Crippen LogP contribution in [0.25, 0.3) is 10.9 Å². The van der Waals surface area contributed by atoms with Gasteiger partial charge in [0.15, 0.2) is 6.61 Å². The first-order chi connectivity index (χ1) is 14.9. The molecule has 3 aliphatic rings. The number of halogens is 2. The van der Waals surface area contributed by atoms with Crippen molar-refractivity contribution in [2.45, 2.75) is 30.3 Å². The minimum Gasteiger partial charge on any atom is -0.484 e. The molecule has 0 atom stereocenters. The maximum absolute atomic E-state index is 13.4. The standard InChI is InChI=1S/C22H18ClFN4O3/c23-15-6-5-14(7-16(15)24)31-9-18(29)27-21-10-22(11-21,12-21)28-20(30)19-25-8-13-3-1-2-4-17(13)26-19/h1-8H,9-12H2,(H,27,29)(H,28,30). The van der Waals surface area contributed by atoms with Crippen molar-refractivity contribution in [1.29, 1.82) is 0 Å². The zero-order chi connectivity index (χ0) is 21.6. The average molecular weight is 441 g/mol. The van der Waals surface area contributed by atoms with Gasteiger partial charge in [0.25, 0.3) is 11.8 Å². The second-order valence-corrected chi connectivity index (χ2v) is 8.62. The molecule has 7 nitrogen and oxygen atoms in total. The van der Waals surface area contributed by atoms with Crippen LogP contribution in [0.2, 0.25) is 5.02 Å². The molecule has 3 aliphatic carbocycles. The van der Waals surface area contributed by atoms with Crippen molar-refractivity contribution in [1.82, 2.24) is 20.6 Å². The summed E-state index contributed by atoms with van der Waals surface area (Å²) in [5, 5.41) is 6.82. The molecular formula is C22H18ClFN4O3. The van der Waals surface area contributed by atoms with Gasteiger partial charge in [-0.2, -0.15) is 0 Å². The fraction of sp³-hybridized carbons (Fsp3) is 0.273. The molecule has 2 N–H and O–H groups in total. The Labute approximate surface area is 182 Å². The molecule has 3 aromatic rings. The van der Waals surface area contributed by atoms with Gasteiger partial charge in [0, 0.05) is 28.7 Å². The van der Waals surface area contributed by atoms with Gasteiger partial charge >= 0.3 is 0 Å². The number of hydrogen-bond acceptors (Lipinski definition) is 5. The van der Waals surface area contributed by atoms with E-state index in [0.29, 0.717) is 24.8 Å². The number of fused-ring (bicyclic) bond motifs is 1. The van der Waals surface area contributed by atoms with E-state index in [1.165, 1.54) is 12.1 Å². The summed E-state index contributed by atoms with van der Waals surface area (Å²) < 4.78 is 18.8. The van der Waals surface area contributed by atoms with E-state index in [-0.39, 0.29) is 46.1 Å². The van der Waals surface area contributed by atoms with Crippen molar-refractivity contribution in [3.8, 4) is 5.75 Å². The lowest BCUT2D eigenvalue weighted by Gasteiger charge is -2.70. The van der Waals surface area contributed by atoms with Gasteiger partial charge in [-0.15, -0.1) is 0 Å². The van der Waals surface area contributed by atoms with Gasteiger partial charge in [0.2, 0.25) is 5.82 Å². The molecule has 0 saturated heterocycles. The molecule has 0 unspecified atom stereocenters. The fourth-order valence-corrected chi connectivity index (χ4v) is 4.60. The smallest absolute Gasteiger partial charge is 0.289 e. The fourth-order valence-electron chi connectivity index (χ4n) is 4.48. The second-order valence-electron chi connectivity index (χ2n) is 8.21. The first-order valence-corrected chi connectivity index (χ1v) is 10.2. The van der Waals surface area contributed by atoms with Crippen LogP contribution in [0.3, 0.4) is 0 Å². The number of nitrogens with one attached hydrogen (secondary N) is 2. The Morgan fingerprint density at radius 2 is 1.84 bits per heavy atom. The van der Waals surface area contributed by atoms with Gasteiger partial charge in [-0.3, -0.25) is 9.59 Å². The Kier molecular flexibility index (Phi) is 4.55. The molecule has 0 radical (unpaired) electrons. The third kappa shape index (κ3) is 3.67. The Balaban J connectivity index is 1.12. The predicted molar refractivity (Wildman–Crippen MR) is 111 cm³/mol. The summed E-state index contributed by atoms with van der Waals surface area (Å²) >= 11 is 5.63. The summed E-state index contributed by atoms with van der Waals surface area (Å²) in [5.41, 5.74) is 0.0486. The number of benzene rings is 2. The highest BCUT2D eigenvalue weighted by atomic mass is 35.5. The van der Waals surface area contributed by atoms with E-state index in [2.05, 4.69) is 20.6 Å². The van der Waals surface area contributed by atoms with Crippen molar-refractivity contribution in [2.75, 3.05) is 6.61 Å². The average Bonchev–Trinajstić information content (AvgIpc) is 2.71. The molecule has 158 valence electrons. The summed E-state index contributed by atoms with van der Waals surface area (Å²) in [6, 6.07) is 11.5. The third-order valence-corrected chi connectivity index (χ3v) is 6.07. The van der Waals surface area contributed by atoms with Gasteiger partial charge in [-0.05, 0) is 37.5 Å². The Morgan fingerprint density at radius 3 is 2.61 bits per heavy atom. The molecule has 2 aromatic carbocycles. The summed E-state index contributed by atoms with van der Waals surface area (Å²) in [6.45, 7) is -0.229. The molecule has 6 rings (SSSR count). The number of aromatic nitrogens is 2.